The lowest BCUT2D eigenvalue weighted by Crippen LogP contribution is -2.31. The average Bonchev–Trinajstić information content (AvgIpc) is 3.39. The Labute approximate surface area is 162 Å². The van der Waals surface area contributed by atoms with Gasteiger partial charge in [-0.2, -0.15) is 4.68 Å². The Balaban J connectivity index is 1.65. The Bertz CT molecular complexity index is 904. The second kappa shape index (κ2) is 7.92. The van der Waals surface area contributed by atoms with Gasteiger partial charge in [0.1, 0.15) is 5.25 Å². The van der Waals surface area contributed by atoms with Crippen molar-refractivity contribution in [2.75, 3.05) is 13.1 Å². The van der Waals surface area contributed by atoms with Crippen LogP contribution in [0.15, 0.2) is 59.8 Å². The number of thioether (sulfide) groups is 1. The van der Waals surface area contributed by atoms with Gasteiger partial charge in [-0.25, -0.2) is 0 Å². The molecule has 1 fully saturated rings. The summed E-state index contributed by atoms with van der Waals surface area (Å²) >= 11 is 1.40. The molecule has 1 amide bonds. The second-order valence-corrected chi connectivity index (χ2v) is 7.72. The largest absolute Gasteiger partial charge is 0.341 e. The molecule has 4 rings (SSSR count). The highest BCUT2D eigenvalue weighted by Gasteiger charge is 2.30. The number of rotatable bonds is 5. The fraction of sp³-hybridized carbons (Fsp3) is 0.300. The van der Waals surface area contributed by atoms with Crippen LogP contribution in [0.1, 0.15) is 29.2 Å². The first kappa shape index (κ1) is 17.7. The van der Waals surface area contributed by atoms with Crippen LogP contribution in [0.25, 0.3) is 5.69 Å². The van der Waals surface area contributed by atoms with Crippen LogP contribution >= 0.6 is 11.8 Å². The van der Waals surface area contributed by atoms with Crippen LogP contribution in [0, 0.1) is 6.92 Å². The lowest BCUT2D eigenvalue weighted by atomic mass is 10.1. The first-order valence-corrected chi connectivity index (χ1v) is 9.96. The normalized spacial score (nSPS) is 15.1. The van der Waals surface area contributed by atoms with Crippen molar-refractivity contribution < 1.29 is 4.79 Å². The number of hydrogen-bond donors (Lipinski definition) is 0. The average molecular weight is 379 g/mol. The van der Waals surface area contributed by atoms with E-state index in [1.807, 2.05) is 66.4 Å². The molecular formula is C20H21N5OS. The molecule has 1 saturated heterocycles. The molecule has 1 aliphatic rings. The van der Waals surface area contributed by atoms with Crippen LogP contribution < -0.4 is 0 Å². The molecule has 7 heteroatoms. The number of benzene rings is 2. The third kappa shape index (κ3) is 3.88. The SMILES string of the molecule is Cc1ccc(-n2nnnc2SC(C(=O)N2CCCC2)c2ccccc2)cc1. The zero-order chi connectivity index (χ0) is 18.6. The van der Waals surface area contributed by atoms with E-state index in [2.05, 4.69) is 15.5 Å². The summed E-state index contributed by atoms with van der Waals surface area (Å²) in [6, 6.07) is 17.9. The van der Waals surface area contributed by atoms with Gasteiger partial charge < -0.3 is 4.90 Å². The molecule has 27 heavy (non-hydrogen) atoms. The highest BCUT2D eigenvalue weighted by Crippen LogP contribution is 2.36. The molecular weight excluding hydrogens is 358 g/mol. The summed E-state index contributed by atoms with van der Waals surface area (Å²) in [6.07, 6.45) is 2.14. The van der Waals surface area contributed by atoms with E-state index in [0.29, 0.717) is 5.16 Å². The molecule has 0 N–H and O–H groups in total. The van der Waals surface area contributed by atoms with Crippen LogP contribution in [0.4, 0.5) is 0 Å². The summed E-state index contributed by atoms with van der Waals surface area (Å²) in [5.74, 6) is 0.127. The maximum absolute atomic E-state index is 13.2. The monoisotopic (exact) mass is 379 g/mol. The van der Waals surface area contributed by atoms with E-state index in [1.165, 1.54) is 17.3 Å². The molecule has 0 radical (unpaired) electrons. The topological polar surface area (TPSA) is 63.9 Å². The second-order valence-electron chi connectivity index (χ2n) is 6.65. The minimum atomic E-state index is -0.362. The fourth-order valence-electron chi connectivity index (χ4n) is 3.20. The standard InChI is InChI=1S/C20H21N5OS/c1-15-9-11-17(12-10-15)25-20(21-22-23-25)27-18(16-7-3-2-4-8-16)19(26)24-13-5-6-14-24/h2-4,7-12,18H,5-6,13-14H2,1H3. The number of likely N-dealkylation sites (tertiary alicyclic amines) is 1. The molecule has 1 atom stereocenters. The number of carbonyl (C=O) groups is 1. The van der Waals surface area contributed by atoms with Gasteiger partial charge in [-0.3, -0.25) is 4.79 Å². The number of aryl methyl sites for hydroxylation is 1. The number of hydrogen-bond acceptors (Lipinski definition) is 5. The lowest BCUT2D eigenvalue weighted by molar-refractivity contribution is -0.129. The van der Waals surface area contributed by atoms with E-state index in [9.17, 15) is 4.79 Å². The maximum atomic E-state index is 13.2. The molecule has 1 unspecified atom stereocenters. The zero-order valence-electron chi connectivity index (χ0n) is 15.2. The third-order valence-corrected chi connectivity index (χ3v) is 5.86. The molecule has 0 spiro atoms. The summed E-state index contributed by atoms with van der Waals surface area (Å²) in [7, 11) is 0. The Hall–Kier alpha value is -2.67. The van der Waals surface area contributed by atoms with Crippen LogP contribution in [0.2, 0.25) is 0 Å². The molecule has 6 nitrogen and oxygen atoms in total. The Morgan fingerprint density at radius 1 is 1.04 bits per heavy atom. The van der Waals surface area contributed by atoms with Gasteiger partial charge in [0.25, 0.3) is 0 Å². The van der Waals surface area contributed by atoms with Gasteiger partial charge in [-0.05, 0) is 47.9 Å². The van der Waals surface area contributed by atoms with E-state index in [1.54, 1.807) is 4.68 Å². The van der Waals surface area contributed by atoms with Crippen molar-refractivity contribution in [3.05, 3.63) is 65.7 Å². The van der Waals surface area contributed by atoms with E-state index in [-0.39, 0.29) is 11.2 Å². The van der Waals surface area contributed by atoms with Crippen molar-refractivity contribution in [3.8, 4) is 5.69 Å². The smallest absolute Gasteiger partial charge is 0.240 e. The lowest BCUT2D eigenvalue weighted by Gasteiger charge is -2.22. The van der Waals surface area contributed by atoms with Gasteiger partial charge in [-0.1, -0.05) is 59.8 Å². The quantitative estimate of drug-likeness (QED) is 0.636. The number of carbonyl (C=O) groups excluding carboxylic acids is 1. The van der Waals surface area contributed by atoms with Gasteiger partial charge >= 0.3 is 0 Å². The Kier molecular flexibility index (Phi) is 5.20. The minimum Gasteiger partial charge on any atom is -0.341 e. The molecule has 1 aromatic heterocycles. The van der Waals surface area contributed by atoms with E-state index < -0.39 is 0 Å². The van der Waals surface area contributed by atoms with Crippen molar-refractivity contribution >= 4 is 17.7 Å². The number of nitrogens with zero attached hydrogens (tertiary/aromatic N) is 5. The first-order valence-electron chi connectivity index (χ1n) is 9.08. The van der Waals surface area contributed by atoms with Gasteiger partial charge in [0.05, 0.1) is 5.69 Å². The maximum Gasteiger partial charge on any atom is 0.240 e. The summed E-state index contributed by atoms with van der Waals surface area (Å²) in [5.41, 5.74) is 3.03. The molecule has 0 aliphatic carbocycles. The predicted octanol–water partition coefficient (Wildman–Crippen LogP) is 3.43. The fourth-order valence-corrected chi connectivity index (χ4v) is 4.28. The summed E-state index contributed by atoms with van der Waals surface area (Å²) in [6.45, 7) is 3.69. The van der Waals surface area contributed by atoms with Crippen LogP contribution in [-0.2, 0) is 4.79 Å². The minimum absolute atomic E-state index is 0.127. The molecule has 0 saturated carbocycles. The molecule has 2 heterocycles. The van der Waals surface area contributed by atoms with E-state index in [0.717, 1.165) is 37.2 Å². The molecule has 3 aromatic rings. The van der Waals surface area contributed by atoms with Crippen LogP contribution in [0.3, 0.4) is 0 Å². The third-order valence-electron chi connectivity index (χ3n) is 4.69. The zero-order valence-corrected chi connectivity index (χ0v) is 16.0. The van der Waals surface area contributed by atoms with Crippen molar-refractivity contribution in [2.24, 2.45) is 0 Å². The van der Waals surface area contributed by atoms with Crippen LogP contribution in [0.5, 0.6) is 0 Å². The molecule has 138 valence electrons. The highest BCUT2D eigenvalue weighted by atomic mass is 32.2. The van der Waals surface area contributed by atoms with Gasteiger partial charge in [0, 0.05) is 13.1 Å². The first-order chi connectivity index (χ1) is 13.2. The number of amides is 1. The van der Waals surface area contributed by atoms with E-state index >= 15 is 0 Å². The van der Waals surface area contributed by atoms with Gasteiger partial charge in [0.15, 0.2) is 0 Å². The van der Waals surface area contributed by atoms with Crippen molar-refractivity contribution in [2.45, 2.75) is 30.2 Å². The molecule has 2 aromatic carbocycles. The van der Waals surface area contributed by atoms with E-state index in [4.69, 9.17) is 0 Å². The molecule has 0 bridgehead atoms. The van der Waals surface area contributed by atoms with Gasteiger partial charge in [0.2, 0.25) is 11.1 Å². The van der Waals surface area contributed by atoms with Gasteiger partial charge in [-0.15, -0.1) is 5.10 Å². The van der Waals surface area contributed by atoms with Crippen molar-refractivity contribution in [1.82, 2.24) is 25.1 Å². The Morgan fingerprint density at radius 3 is 2.44 bits per heavy atom. The van der Waals surface area contributed by atoms with Crippen molar-refractivity contribution in [1.29, 1.82) is 0 Å². The Morgan fingerprint density at radius 2 is 1.74 bits per heavy atom. The summed E-state index contributed by atoms with van der Waals surface area (Å²) in [4.78, 5) is 15.1. The highest BCUT2D eigenvalue weighted by molar-refractivity contribution is 8.00. The summed E-state index contributed by atoms with van der Waals surface area (Å²) in [5, 5.41) is 12.4. The molecule has 1 aliphatic heterocycles. The summed E-state index contributed by atoms with van der Waals surface area (Å²) < 4.78 is 1.69. The predicted molar refractivity (Wildman–Crippen MR) is 105 cm³/mol. The van der Waals surface area contributed by atoms with Crippen molar-refractivity contribution in [3.63, 3.8) is 0 Å². The number of aromatic nitrogens is 4. The van der Waals surface area contributed by atoms with Crippen LogP contribution in [-0.4, -0.2) is 44.1 Å². The number of tetrazole rings is 1.